The Bertz CT molecular complexity index is 1070. The van der Waals surface area contributed by atoms with Crippen LogP contribution in [0.3, 0.4) is 0 Å². The molecule has 0 unspecified atom stereocenters. The molecule has 2 aliphatic heterocycles. The Morgan fingerprint density at radius 1 is 1.09 bits per heavy atom. The number of anilines is 1. The number of benzene rings is 1. The lowest BCUT2D eigenvalue weighted by atomic mass is 9.80. The lowest BCUT2D eigenvalue weighted by Crippen LogP contribution is -2.43. The molecule has 0 bridgehead atoms. The zero-order valence-corrected chi connectivity index (χ0v) is 20.1. The van der Waals surface area contributed by atoms with E-state index in [9.17, 15) is 8.42 Å². The van der Waals surface area contributed by atoms with Crippen molar-refractivity contribution in [1.29, 1.82) is 0 Å². The molecule has 182 valence electrons. The van der Waals surface area contributed by atoms with E-state index in [-0.39, 0.29) is 24.3 Å². The highest BCUT2D eigenvalue weighted by Gasteiger charge is 2.54. The lowest BCUT2D eigenvalue weighted by Gasteiger charge is -2.32. The monoisotopic (exact) mass is 481 g/mol. The first-order valence-corrected chi connectivity index (χ1v) is 12.1. The lowest BCUT2D eigenvalue weighted by molar-refractivity contribution is -0.123. The Morgan fingerprint density at radius 3 is 2.21 bits per heavy atom. The molecule has 2 atom stereocenters. The number of fused-ring (bicyclic) bond motifs is 2. The molecule has 1 aromatic carbocycles. The van der Waals surface area contributed by atoms with Gasteiger partial charge in [-0.1, -0.05) is 24.3 Å². The Balaban J connectivity index is 0.000000582. The van der Waals surface area contributed by atoms with E-state index in [0.717, 1.165) is 41.9 Å². The maximum absolute atomic E-state index is 12.1. The van der Waals surface area contributed by atoms with Crippen molar-refractivity contribution in [3.8, 4) is 0 Å². The van der Waals surface area contributed by atoms with Crippen molar-refractivity contribution in [2.75, 3.05) is 58.0 Å². The summed E-state index contributed by atoms with van der Waals surface area (Å²) in [6.45, 7) is 5.10. The van der Waals surface area contributed by atoms with E-state index in [1.165, 1.54) is 6.26 Å². The molecule has 11 nitrogen and oxygen atoms in total. The summed E-state index contributed by atoms with van der Waals surface area (Å²) in [7, 11) is 0.936. The molecule has 2 N–H and O–H groups in total. The number of aryl methyl sites for hydroxylation is 1. The average molecular weight is 482 g/mol. The van der Waals surface area contributed by atoms with E-state index in [4.69, 9.17) is 19.8 Å². The highest BCUT2D eigenvalue weighted by Crippen LogP contribution is 2.45. The van der Waals surface area contributed by atoms with Gasteiger partial charge in [0.05, 0.1) is 11.9 Å². The number of carbonyl (C=O) groups is 2. The first-order valence-electron chi connectivity index (χ1n) is 10.3. The molecule has 0 radical (unpaired) electrons. The zero-order chi connectivity index (χ0) is 24.8. The molecule has 4 rings (SSSR count). The highest BCUT2D eigenvalue weighted by atomic mass is 32.2. The average Bonchev–Trinajstić information content (AvgIpc) is 3.23. The molecule has 33 heavy (non-hydrogen) atoms. The van der Waals surface area contributed by atoms with Gasteiger partial charge in [-0.2, -0.15) is 5.10 Å². The minimum atomic E-state index is -3.17. The molecule has 0 aliphatic carbocycles. The first kappa shape index (κ1) is 26.4. The van der Waals surface area contributed by atoms with Crippen LogP contribution in [0.1, 0.15) is 5.69 Å². The molecule has 1 aromatic heterocycles. The van der Waals surface area contributed by atoms with Crippen molar-refractivity contribution >= 4 is 39.6 Å². The molecule has 0 spiro atoms. The first-order chi connectivity index (χ1) is 15.5. The third kappa shape index (κ3) is 5.95. The Kier molecular flexibility index (Phi) is 8.69. The van der Waals surface area contributed by atoms with Gasteiger partial charge in [-0.3, -0.25) is 9.59 Å². The van der Waals surface area contributed by atoms with Crippen molar-refractivity contribution in [1.82, 2.24) is 19.4 Å². The SMILES string of the molecule is Cc1nnc(N2C[C@H]3CN(S(C)(=O)=O)C[C@@]3(CN(C)C)C2)c2ccccc12.O=CO.O=CO. The summed E-state index contributed by atoms with van der Waals surface area (Å²) in [5.74, 6) is 1.20. The van der Waals surface area contributed by atoms with E-state index < -0.39 is 10.0 Å². The third-order valence-electron chi connectivity index (χ3n) is 5.98. The van der Waals surface area contributed by atoms with Crippen LogP contribution in [0, 0.1) is 18.3 Å². The number of rotatable bonds is 4. The largest absolute Gasteiger partial charge is 0.483 e. The second kappa shape index (κ2) is 10.9. The van der Waals surface area contributed by atoms with Gasteiger partial charge in [-0.05, 0) is 21.0 Å². The van der Waals surface area contributed by atoms with Crippen LogP contribution in [0.2, 0.25) is 0 Å². The molecule has 3 heterocycles. The predicted octanol–water partition coefficient (Wildman–Crippen LogP) is 0.599. The Labute approximate surface area is 193 Å². The Hall–Kier alpha value is -2.83. The number of sulfonamides is 1. The number of hydrogen-bond donors (Lipinski definition) is 2. The van der Waals surface area contributed by atoms with Crippen LogP contribution >= 0.6 is 0 Å². The number of aromatic nitrogens is 2. The van der Waals surface area contributed by atoms with E-state index in [2.05, 4.69) is 46.2 Å². The molecule has 12 heteroatoms. The van der Waals surface area contributed by atoms with Crippen LogP contribution < -0.4 is 4.90 Å². The Morgan fingerprint density at radius 2 is 1.67 bits per heavy atom. The summed E-state index contributed by atoms with van der Waals surface area (Å²) in [6, 6.07) is 8.24. The maximum atomic E-state index is 12.1. The standard InChI is InChI=1S/C19H27N5O2S.2CH2O2/c1-14-16-7-5-6-8-17(16)18(21-20-14)23-9-15-10-24(27(4,25)26)13-19(15,12-23)11-22(2)3;2*2-1-3/h5-8,15H,9-13H2,1-4H3;2*1H,(H,2,3)/t15-,19+;;/m0../s1. The second-order valence-corrected chi connectivity index (χ2v) is 10.6. The maximum Gasteiger partial charge on any atom is 0.290 e. The van der Waals surface area contributed by atoms with Gasteiger partial charge in [0.2, 0.25) is 10.0 Å². The van der Waals surface area contributed by atoms with Crippen molar-refractivity contribution in [2.24, 2.45) is 11.3 Å². The molecular formula is C21H31N5O6S. The van der Waals surface area contributed by atoms with E-state index >= 15 is 0 Å². The molecule has 0 amide bonds. The fourth-order valence-electron chi connectivity index (χ4n) is 4.86. The van der Waals surface area contributed by atoms with Crippen LogP contribution in [0.5, 0.6) is 0 Å². The smallest absolute Gasteiger partial charge is 0.290 e. The van der Waals surface area contributed by atoms with Gasteiger partial charge in [0, 0.05) is 54.8 Å². The van der Waals surface area contributed by atoms with Crippen LogP contribution in [-0.4, -0.2) is 104 Å². The zero-order valence-electron chi connectivity index (χ0n) is 19.2. The van der Waals surface area contributed by atoms with Crippen molar-refractivity contribution in [2.45, 2.75) is 6.92 Å². The minimum absolute atomic E-state index is 0.0831. The normalized spacial score (nSPS) is 22.2. The van der Waals surface area contributed by atoms with Crippen LogP contribution in [0.4, 0.5) is 5.82 Å². The number of carboxylic acid groups (broad SMARTS) is 2. The second-order valence-electron chi connectivity index (χ2n) is 8.60. The predicted molar refractivity (Wildman–Crippen MR) is 125 cm³/mol. The van der Waals surface area contributed by atoms with Gasteiger partial charge in [-0.25, -0.2) is 12.7 Å². The van der Waals surface area contributed by atoms with Crippen LogP contribution in [0.15, 0.2) is 24.3 Å². The molecule has 2 fully saturated rings. The van der Waals surface area contributed by atoms with Gasteiger partial charge in [0.25, 0.3) is 12.9 Å². The van der Waals surface area contributed by atoms with Gasteiger partial charge in [-0.15, -0.1) is 5.10 Å². The minimum Gasteiger partial charge on any atom is -0.483 e. The summed E-state index contributed by atoms with van der Waals surface area (Å²) in [5.41, 5.74) is 0.847. The molecule has 2 aromatic rings. The quantitative estimate of drug-likeness (QED) is 0.596. The molecular weight excluding hydrogens is 450 g/mol. The summed E-state index contributed by atoms with van der Waals surface area (Å²) in [5, 5.41) is 24.9. The highest BCUT2D eigenvalue weighted by molar-refractivity contribution is 7.88. The third-order valence-corrected chi connectivity index (χ3v) is 7.20. The van der Waals surface area contributed by atoms with Crippen molar-refractivity contribution in [3.63, 3.8) is 0 Å². The summed E-state index contributed by atoms with van der Waals surface area (Å²) in [4.78, 5) is 21.2. The number of hydrogen-bond acceptors (Lipinski definition) is 8. The van der Waals surface area contributed by atoms with Gasteiger partial charge in [0.15, 0.2) is 5.82 Å². The molecule has 2 saturated heterocycles. The van der Waals surface area contributed by atoms with Crippen molar-refractivity contribution < 1.29 is 28.2 Å². The van der Waals surface area contributed by atoms with Gasteiger partial charge < -0.3 is 20.0 Å². The fraction of sp³-hybridized carbons (Fsp3) is 0.524. The van der Waals surface area contributed by atoms with Crippen LogP contribution in [-0.2, 0) is 19.6 Å². The summed E-state index contributed by atoms with van der Waals surface area (Å²) < 4.78 is 25.9. The molecule has 2 aliphatic rings. The number of nitrogens with zero attached hydrogens (tertiary/aromatic N) is 5. The van der Waals surface area contributed by atoms with Gasteiger partial charge >= 0.3 is 0 Å². The van der Waals surface area contributed by atoms with Gasteiger partial charge in [0.1, 0.15) is 0 Å². The van der Waals surface area contributed by atoms with Crippen molar-refractivity contribution in [3.05, 3.63) is 30.0 Å². The topological polar surface area (TPSA) is 144 Å². The van der Waals surface area contributed by atoms with Crippen LogP contribution in [0.25, 0.3) is 10.8 Å². The summed E-state index contributed by atoms with van der Waals surface area (Å²) >= 11 is 0. The fourth-order valence-corrected chi connectivity index (χ4v) is 5.80. The molecule has 0 saturated carbocycles. The van der Waals surface area contributed by atoms with E-state index in [1.54, 1.807) is 4.31 Å². The van der Waals surface area contributed by atoms with E-state index in [0.29, 0.717) is 13.1 Å². The van der Waals surface area contributed by atoms with E-state index in [1.807, 2.05) is 19.1 Å². The summed E-state index contributed by atoms with van der Waals surface area (Å²) in [6.07, 6.45) is 1.31.